The highest BCUT2D eigenvalue weighted by Crippen LogP contribution is 2.47. The van der Waals surface area contributed by atoms with Crippen LogP contribution >= 0.6 is 0 Å². The third kappa shape index (κ3) is 3.61. The molecule has 0 saturated heterocycles. The summed E-state index contributed by atoms with van der Waals surface area (Å²) in [4.78, 5) is 11.1. The molecule has 4 aromatic heterocycles. The molecule has 248 valence electrons. The number of para-hydroxylation sites is 2. The molecule has 4 heteroatoms. The monoisotopic (exact) mass is 684 g/mol. The molecule has 0 bridgehead atoms. The lowest BCUT2D eigenvalue weighted by molar-refractivity contribution is 1.02. The molecule has 0 saturated carbocycles. The molecule has 0 fully saturated rings. The van der Waals surface area contributed by atoms with Gasteiger partial charge in [-0.2, -0.15) is 0 Å². The molecule has 4 nitrogen and oxygen atoms in total. The second-order valence-corrected chi connectivity index (χ2v) is 14.6. The molecule has 0 unspecified atom stereocenters. The van der Waals surface area contributed by atoms with Crippen LogP contribution in [-0.4, -0.2) is 18.9 Å². The summed E-state index contributed by atoms with van der Waals surface area (Å²) in [6, 6.07) is 61.6. The van der Waals surface area contributed by atoms with Gasteiger partial charge in [-0.1, -0.05) is 127 Å². The molecular formula is C50H28N4. The number of benzene rings is 9. The summed E-state index contributed by atoms with van der Waals surface area (Å²) in [6.45, 7) is 0. The molecule has 13 aromatic rings. The quantitative estimate of drug-likeness (QED) is 0.170. The smallest absolute Gasteiger partial charge is 0.235 e. The molecule has 54 heavy (non-hydrogen) atoms. The SMILES string of the molecule is c1ccc2cc(-c3nc(-n4c5cc6ccccc6cc5c5c6c7ccccc7n7c8ccccc8c(cc54)c67)nc4ccc5ccccc5c34)ccc2c1. The summed E-state index contributed by atoms with van der Waals surface area (Å²) in [5.74, 6) is 0.665. The van der Waals surface area contributed by atoms with Crippen LogP contribution in [0.4, 0.5) is 0 Å². The van der Waals surface area contributed by atoms with Gasteiger partial charge in [0.2, 0.25) is 5.95 Å². The third-order valence-corrected chi connectivity index (χ3v) is 11.8. The Kier molecular flexibility index (Phi) is 5.34. The maximum Gasteiger partial charge on any atom is 0.235 e. The Morgan fingerprint density at radius 1 is 0.352 bits per heavy atom. The van der Waals surface area contributed by atoms with Crippen molar-refractivity contribution in [1.29, 1.82) is 0 Å². The second kappa shape index (κ2) is 10.2. The highest BCUT2D eigenvalue weighted by molar-refractivity contribution is 6.36. The van der Waals surface area contributed by atoms with Gasteiger partial charge in [-0.3, -0.25) is 4.57 Å². The maximum absolute atomic E-state index is 5.64. The lowest BCUT2D eigenvalue weighted by Crippen LogP contribution is -2.04. The van der Waals surface area contributed by atoms with Gasteiger partial charge in [0.15, 0.2) is 0 Å². The Morgan fingerprint density at radius 3 is 1.80 bits per heavy atom. The number of fused-ring (bicyclic) bond motifs is 15. The summed E-state index contributed by atoms with van der Waals surface area (Å²) in [6.07, 6.45) is 0. The van der Waals surface area contributed by atoms with E-state index in [4.69, 9.17) is 9.97 Å². The van der Waals surface area contributed by atoms with E-state index in [2.05, 4.69) is 179 Å². The minimum absolute atomic E-state index is 0.665. The minimum atomic E-state index is 0.665. The van der Waals surface area contributed by atoms with Crippen molar-refractivity contribution in [3.8, 4) is 17.2 Å². The summed E-state index contributed by atoms with van der Waals surface area (Å²) in [7, 11) is 0. The fraction of sp³-hybridized carbons (Fsp3) is 0. The molecule has 0 aliphatic heterocycles. The zero-order chi connectivity index (χ0) is 35.1. The van der Waals surface area contributed by atoms with Gasteiger partial charge < -0.3 is 4.40 Å². The Bertz CT molecular complexity index is 3740. The molecule has 9 aromatic carbocycles. The van der Waals surface area contributed by atoms with Gasteiger partial charge in [-0.05, 0) is 74.8 Å². The van der Waals surface area contributed by atoms with Crippen molar-refractivity contribution in [2.45, 2.75) is 0 Å². The van der Waals surface area contributed by atoms with Crippen LogP contribution in [0.3, 0.4) is 0 Å². The van der Waals surface area contributed by atoms with Crippen LogP contribution in [0.1, 0.15) is 0 Å². The van der Waals surface area contributed by atoms with Gasteiger partial charge in [0.25, 0.3) is 0 Å². The summed E-state index contributed by atoms with van der Waals surface area (Å²) < 4.78 is 4.80. The van der Waals surface area contributed by atoms with Crippen molar-refractivity contribution in [2.75, 3.05) is 0 Å². The first-order valence-corrected chi connectivity index (χ1v) is 18.5. The Balaban J connectivity index is 1.25. The molecule has 13 rings (SSSR count). The van der Waals surface area contributed by atoms with Crippen LogP contribution in [0.25, 0.3) is 120 Å². The summed E-state index contributed by atoms with van der Waals surface area (Å²) in [5, 5.41) is 15.6. The van der Waals surface area contributed by atoms with E-state index in [1.807, 2.05) is 0 Å². The predicted molar refractivity (Wildman–Crippen MR) is 226 cm³/mol. The highest BCUT2D eigenvalue weighted by Gasteiger charge is 2.26. The molecule has 4 heterocycles. The molecular weight excluding hydrogens is 657 g/mol. The fourth-order valence-corrected chi connectivity index (χ4v) is 9.45. The predicted octanol–water partition coefficient (Wildman–Crippen LogP) is 13.0. The average molecular weight is 685 g/mol. The van der Waals surface area contributed by atoms with Crippen LogP contribution < -0.4 is 0 Å². The van der Waals surface area contributed by atoms with Gasteiger partial charge in [0.1, 0.15) is 0 Å². The van der Waals surface area contributed by atoms with Gasteiger partial charge >= 0.3 is 0 Å². The minimum Gasteiger partial charge on any atom is -0.308 e. The largest absolute Gasteiger partial charge is 0.308 e. The normalized spacial score (nSPS) is 12.4. The van der Waals surface area contributed by atoms with Crippen molar-refractivity contribution >= 4 is 103 Å². The maximum atomic E-state index is 5.64. The lowest BCUT2D eigenvalue weighted by Gasteiger charge is -2.14. The number of nitrogens with zero attached hydrogens (tertiary/aromatic N) is 4. The number of hydrogen-bond donors (Lipinski definition) is 0. The van der Waals surface area contributed by atoms with Crippen molar-refractivity contribution in [3.63, 3.8) is 0 Å². The fourth-order valence-electron chi connectivity index (χ4n) is 9.45. The van der Waals surface area contributed by atoms with Crippen molar-refractivity contribution in [3.05, 3.63) is 170 Å². The van der Waals surface area contributed by atoms with Gasteiger partial charge in [-0.25, -0.2) is 9.97 Å². The Hall–Kier alpha value is -7.30. The number of aromatic nitrogens is 4. The zero-order valence-corrected chi connectivity index (χ0v) is 29.0. The first kappa shape index (κ1) is 28.3. The zero-order valence-electron chi connectivity index (χ0n) is 29.0. The lowest BCUT2D eigenvalue weighted by atomic mass is 9.98. The van der Waals surface area contributed by atoms with Gasteiger partial charge in [0.05, 0.1) is 38.8 Å². The van der Waals surface area contributed by atoms with Gasteiger partial charge in [0, 0.05) is 43.3 Å². The van der Waals surface area contributed by atoms with E-state index in [9.17, 15) is 0 Å². The first-order valence-electron chi connectivity index (χ1n) is 18.5. The topological polar surface area (TPSA) is 35.1 Å². The standard InChI is InChI=1S/C50H28N4/c1-2-13-31-25-34(22-21-29(31)11-1)48-45-35-16-6-5-12-30(35)23-24-40(45)51-50(52-48)54-43-27-33-15-4-3-14-32(33)26-39(43)46-44(54)28-38-36-17-7-9-19-41(36)53-42-20-10-8-18-37(42)47(46)49(38)53/h1-28H. The van der Waals surface area contributed by atoms with Crippen molar-refractivity contribution < 1.29 is 0 Å². The third-order valence-electron chi connectivity index (χ3n) is 11.8. The molecule has 0 N–H and O–H groups in total. The molecule has 0 aliphatic rings. The molecule has 0 spiro atoms. The summed E-state index contributed by atoms with van der Waals surface area (Å²) >= 11 is 0. The number of rotatable bonds is 2. The van der Waals surface area contributed by atoms with E-state index in [1.54, 1.807) is 0 Å². The van der Waals surface area contributed by atoms with Gasteiger partial charge in [-0.15, -0.1) is 0 Å². The van der Waals surface area contributed by atoms with Crippen molar-refractivity contribution in [1.82, 2.24) is 18.9 Å². The van der Waals surface area contributed by atoms with Crippen LogP contribution in [0.5, 0.6) is 0 Å². The van der Waals surface area contributed by atoms with Crippen molar-refractivity contribution in [2.24, 2.45) is 0 Å². The van der Waals surface area contributed by atoms with Crippen LogP contribution in [0, 0.1) is 0 Å². The Labute approximate surface area is 308 Å². The van der Waals surface area contributed by atoms with Crippen LogP contribution in [0.2, 0.25) is 0 Å². The van der Waals surface area contributed by atoms with Crippen LogP contribution in [0.15, 0.2) is 170 Å². The van der Waals surface area contributed by atoms with E-state index < -0.39 is 0 Å². The van der Waals surface area contributed by atoms with E-state index >= 15 is 0 Å². The average Bonchev–Trinajstić information content (AvgIpc) is 3.86. The Morgan fingerprint density at radius 2 is 0.981 bits per heavy atom. The van der Waals surface area contributed by atoms with E-state index in [0.717, 1.165) is 38.6 Å². The van der Waals surface area contributed by atoms with E-state index in [1.165, 1.54) is 75.8 Å². The van der Waals surface area contributed by atoms with Crippen LogP contribution in [-0.2, 0) is 0 Å². The van der Waals surface area contributed by atoms with E-state index in [0.29, 0.717) is 5.95 Å². The molecule has 0 radical (unpaired) electrons. The molecule has 0 amide bonds. The first-order chi connectivity index (χ1) is 26.8. The number of hydrogen-bond acceptors (Lipinski definition) is 2. The highest BCUT2D eigenvalue weighted by atomic mass is 15.2. The van der Waals surface area contributed by atoms with E-state index in [-0.39, 0.29) is 0 Å². The summed E-state index contributed by atoms with van der Waals surface area (Å²) in [5.41, 5.74) is 8.83. The molecule has 0 atom stereocenters. The second-order valence-electron chi connectivity index (χ2n) is 14.6. The molecule has 0 aliphatic carbocycles.